The fourth-order valence-electron chi connectivity index (χ4n) is 2.96. The van der Waals surface area contributed by atoms with E-state index in [0.717, 1.165) is 9.87 Å². The number of aryl methyl sites for hydroxylation is 1. The van der Waals surface area contributed by atoms with Crippen LogP contribution in [0.15, 0.2) is 82.8 Å². The van der Waals surface area contributed by atoms with Crippen LogP contribution in [-0.4, -0.2) is 38.8 Å². The normalized spacial score (nSPS) is 11.3. The van der Waals surface area contributed by atoms with Crippen molar-refractivity contribution in [3.05, 3.63) is 83.9 Å². The highest BCUT2D eigenvalue weighted by molar-refractivity contribution is 7.92. The first-order valence-corrected chi connectivity index (χ1v) is 11.7. The Morgan fingerprint density at radius 1 is 1.06 bits per heavy atom. The van der Waals surface area contributed by atoms with E-state index < -0.39 is 22.5 Å². The van der Waals surface area contributed by atoms with Crippen molar-refractivity contribution in [3.63, 3.8) is 0 Å². The Bertz CT molecular complexity index is 1220. The molecule has 0 radical (unpaired) electrons. The quantitative estimate of drug-likeness (QED) is 0.370. The molecule has 0 atom stereocenters. The fourth-order valence-corrected chi connectivity index (χ4v) is 4.39. The molecule has 0 heterocycles. The number of carbonyl (C=O) groups excluding carboxylic acids is 1. The number of phenols is 1. The monoisotopic (exact) mass is 467 g/mol. The van der Waals surface area contributed by atoms with Crippen LogP contribution in [0.1, 0.15) is 18.1 Å². The maximum absolute atomic E-state index is 13.4. The highest BCUT2D eigenvalue weighted by Gasteiger charge is 2.27. The Labute approximate surface area is 193 Å². The van der Waals surface area contributed by atoms with Gasteiger partial charge in [-0.15, -0.1) is 0 Å². The lowest BCUT2D eigenvalue weighted by Crippen LogP contribution is -2.39. The summed E-state index contributed by atoms with van der Waals surface area (Å²) in [5.41, 5.74) is 4.02. The molecule has 0 aromatic heterocycles. The number of rotatable bonds is 9. The van der Waals surface area contributed by atoms with Gasteiger partial charge in [0.05, 0.1) is 23.4 Å². The molecule has 8 nitrogen and oxygen atoms in total. The predicted molar refractivity (Wildman–Crippen MR) is 127 cm³/mol. The van der Waals surface area contributed by atoms with Gasteiger partial charge in [0.2, 0.25) is 0 Å². The summed E-state index contributed by atoms with van der Waals surface area (Å²) in [6.45, 7) is 3.69. The average molecular weight is 468 g/mol. The number of nitrogens with zero attached hydrogens (tertiary/aromatic N) is 2. The lowest BCUT2D eigenvalue weighted by Gasteiger charge is -2.24. The van der Waals surface area contributed by atoms with Gasteiger partial charge in [0.15, 0.2) is 0 Å². The van der Waals surface area contributed by atoms with Crippen molar-refractivity contribution in [1.82, 2.24) is 5.43 Å². The zero-order valence-corrected chi connectivity index (χ0v) is 19.1. The standard InChI is InChI=1S/C24H25N3O5S/c1-3-32-21-12-14-22(15-13-21)33(30,31)27(20-10-8-18(2)9-11-20)17-24(29)26-25-16-19-6-4-5-7-23(19)28/h4-16,28H,3,17H2,1-2H3,(H,26,29)/b25-16-. The van der Waals surface area contributed by atoms with E-state index in [-0.39, 0.29) is 10.6 Å². The molecule has 0 spiro atoms. The van der Waals surface area contributed by atoms with Gasteiger partial charge < -0.3 is 9.84 Å². The molecule has 0 bridgehead atoms. The number of phenolic OH excluding ortho intramolecular Hbond substituents is 1. The van der Waals surface area contributed by atoms with Crippen LogP contribution in [0, 0.1) is 6.92 Å². The molecule has 0 aliphatic heterocycles. The minimum atomic E-state index is -4.05. The van der Waals surface area contributed by atoms with E-state index >= 15 is 0 Å². The number of hydrogen-bond acceptors (Lipinski definition) is 6. The van der Waals surface area contributed by atoms with E-state index in [2.05, 4.69) is 10.5 Å². The van der Waals surface area contributed by atoms with E-state index in [4.69, 9.17) is 4.74 Å². The van der Waals surface area contributed by atoms with Crippen molar-refractivity contribution in [2.45, 2.75) is 18.7 Å². The van der Waals surface area contributed by atoms with Crippen LogP contribution >= 0.6 is 0 Å². The lowest BCUT2D eigenvalue weighted by atomic mass is 10.2. The summed E-state index contributed by atoms with van der Waals surface area (Å²) in [5, 5.41) is 13.6. The van der Waals surface area contributed by atoms with Gasteiger partial charge in [-0.05, 0) is 62.4 Å². The Morgan fingerprint density at radius 3 is 2.36 bits per heavy atom. The summed E-state index contributed by atoms with van der Waals surface area (Å²) in [6.07, 6.45) is 1.28. The Balaban J connectivity index is 1.84. The number of carbonyl (C=O) groups is 1. The molecule has 0 saturated heterocycles. The van der Waals surface area contributed by atoms with Gasteiger partial charge in [-0.2, -0.15) is 5.10 Å². The molecule has 3 aromatic carbocycles. The molecule has 1 amide bonds. The second-order valence-electron chi connectivity index (χ2n) is 7.10. The first kappa shape index (κ1) is 23.8. The van der Waals surface area contributed by atoms with Crippen molar-refractivity contribution < 1.29 is 23.1 Å². The molecule has 0 fully saturated rings. The van der Waals surface area contributed by atoms with E-state index in [1.54, 1.807) is 54.6 Å². The van der Waals surface area contributed by atoms with Gasteiger partial charge in [0, 0.05) is 5.56 Å². The van der Waals surface area contributed by atoms with Gasteiger partial charge in [0.25, 0.3) is 15.9 Å². The number of nitrogens with one attached hydrogen (secondary N) is 1. The van der Waals surface area contributed by atoms with Gasteiger partial charge in [-0.1, -0.05) is 29.8 Å². The molecule has 2 N–H and O–H groups in total. The Kier molecular flexibility index (Phi) is 7.68. The van der Waals surface area contributed by atoms with Crippen molar-refractivity contribution >= 4 is 27.8 Å². The number of para-hydroxylation sites is 1. The molecule has 0 unspecified atom stereocenters. The zero-order valence-electron chi connectivity index (χ0n) is 18.3. The first-order valence-electron chi connectivity index (χ1n) is 10.2. The summed E-state index contributed by atoms with van der Waals surface area (Å²) in [5.74, 6) is -0.0822. The lowest BCUT2D eigenvalue weighted by molar-refractivity contribution is -0.119. The number of sulfonamides is 1. The molecule has 172 valence electrons. The minimum Gasteiger partial charge on any atom is -0.507 e. The van der Waals surface area contributed by atoms with E-state index in [0.29, 0.717) is 23.6 Å². The highest BCUT2D eigenvalue weighted by Crippen LogP contribution is 2.25. The molecular formula is C24H25N3O5S. The van der Waals surface area contributed by atoms with Crippen LogP contribution in [0.4, 0.5) is 5.69 Å². The van der Waals surface area contributed by atoms with Gasteiger partial charge in [-0.3, -0.25) is 9.10 Å². The summed E-state index contributed by atoms with van der Waals surface area (Å²) in [4.78, 5) is 12.6. The van der Waals surface area contributed by atoms with Crippen molar-refractivity contribution in [2.24, 2.45) is 5.10 Å². The topological polar surface area (TPSA) is 108 Å². The number of amides is 1. The molecule has 9 heteroatoms. The fraction of sp³-hybridized carbons (Fsp3) is 0.167. The zero-order chi connectivity index (χ0) is 23.8. The highest BCUT2D eigenvalue weighted by atomic mass is 32.2. The van der Waals surface area contributed by atoms with E-state index in [1.807, 2.05) is 13.8 Å². The number of hydrazone groups is 1. The summed E-state index contributed by atoms with van der Waals surface area (Å²) in [6, 6.07) is 19.3. The van der Waals surface area contributed by atoms with Gasteiger partial charge >= 0.3 is 0 Å². The second-order valence-corrected chi connectivity index (χ2v) is 8.97. The van der Waals surface area contributed by atoms with Crippen molar-refractivity contribution in [1.29, 1.82) is 0 Å². The molecule has 0 aliphatic carbocycles. The largest absolute Gasteiger partial charge is 0.507 e. The van der Waals surface area contributed by atoms with E-state index in [9.17, 15) is 18.3 Å². The van der Waals surface area contributed by atoms with E-state index in [1.165, 1.54) is 24.4 Å². The Hall–Kier alpha value is -3.85. The summed E-state index contributed by atoms with van der Waals surface area (Å²) < 4.78 is 33.2. The van der Waals surface area contributed by atoms with Crippen LogP contribution < -0.4 is 14.5 Å². The van der Waals surface area contributed by atoms with Crippen LogP contribution in [0.5, 0.6) is 11.5 Å². The Morgan fingerprint density at radius 2 is 1.73 bits per heavy atom. The first-order chi connectivity index (χ1) is 15.8. The number of aromatic hydroxyl groups is 1. The van der Waals surface area contributed by atoms with Crippen molar-refractivity contribution in [2.75, 3.05) is 17.5 Å². The van der Waals surface area contributed by atoms with Crippen molar-refractivity contribution in [3.8, 4) is 11.5 Å². The van der Waals surface area contributed by atoms with Crippen LogP contribution in [0.3, 0.4) is 0 Å². The van der Waals surface area contributed by atoms with Crippen LogP contribution in [0.25, 0.3) is 0 Å². The molecule has 3 rings (SSSR count). The molecule has 0 aliphatic rings. The number of benzene rings is 3. The van der Waals surface area contributed by atoms with Crippen LogP contribution in [0.2, 0.25) is 0 Å². The third kappa shape index (κ3) is 6.11. The number of hydrogen-bond donors (Lipinski definition) is 2. The number of ether oxygens (including phenoxy) is 1. The van der Waals surface area contributed by atoms with Gasteiger partial charge in [-0.25, -0.2) is 13.8 Å². The van der Waals surface area contributed by atoms with Crippen LogP contribution in [-0.2, 0) is 14.8 Å². The maximum Gasteiger partial charge on any atom is 0.264 e. The molecule has 33 heavy (non-hydrogen) atoms. The smallest absolute Gasteiger partial charge is 0.264 e. The summed E-state index contributed by atoms with van der Waals surface area (Å²) in [7, 11) is -4.05. The molecule has 0 saturated carbocycles. The predicted octanol–water partition coefficient (Wildman–Crippen LogP) is 3.44. The minimum absolute atomic E-state index is 0.00913. The van der Waals surface area contributed by atoms with Gasteiger partial charge in [0.1, 0.15) is 18.0 Å². The molecular weight excluding hydrogens is 442 g/mol. The third-order valence-corrected chi connectivity index (χ3v) is 6.45. The average Bonchev–Trinajstić information content (AvgIpc) is 2.80. The SMILES string of the molecule is CCOc1ccc(S(=O)(=O)N(CC(=O)N/N=C\c2ccccc2O)c2ccc(C)cc2)cc1. The second kappa shape index (κ2) is 10.6. The maximum atomic E-state index is 13.4. The molecule has 3 aromatic rings. The summed E-state index contributed by atoms with van der Waals surface area (Å²) >= 11 is 0. The third-order valence-electron chi connectivity index (χ3n) is 4.66. The number of anilines is 1.